The molecule has 0 radical (unpaired) electrons. The van der Waals surface area contributed by atoms with Crippen LogP contribution in [-0.2, 0) is 0 Å². The molecule has 6 heteroatoms. The number of hydrogen-bond donors (Lipinski definition) is 2. The van der Waals surface area contributed by atoms with Gasteiger partial charge in [0, 0.05) is 6.07 Å². The molecular formula is C6H6N4O2. The minimum Gasteiger partial charge on any atom is -0.477 e. The molecule has 2 aromatic heterocycles. The second-order valence-corrected chi connectivity index (χ2v) is 2.42. The molecule has 2 N–H and O–H groups in total. The van der Waals surface area contributed by atoms with Gasteiger partial charge < -0.3 is 5.11 Å². The molecule has 0 amide bonds. The number of aryl methyl sites for hydroxylation is 1. The molecule has 2 aromatic rings. The van der Waals surface area contributed by atoms with Crippen LogP contribution in [0.25, 0.3) is 5.65 Å². The van der Waals surface area contributed by atoms with Crippen molar-refractivity contribution in [2.24, 2.45) is 0 Å². The number of H-pyrrole nitrogens is 1. The predicted octanol–water partition coefficient (Wildman–Crippen LogP) is 0.0640. The van der Waals surface area contributed by atoms with Crippen molar-refractivity contribution in [2.45, 2.75) is 6.92 Å². The van der Waals surface area contributed by atoms with E-state index in [9.17, 15) is 4.79 Å². The summed E-state index contributed by atoms with van der Waals surface area (Å²) in [5, 5.41) is 18.7. The average Bonchev–Trinajstić information content (AvgIpc) is 2.53. The second-order valence-electron chi connectivity index (χ2n) is 2.42. The topological polar surface area (TPSA) is 83.3 Å². The highest BCUT2D eigenvalue weighted by molar-refractivity contribution is 5.86. The van der Waals surface area contributed by atoms with Gasteiger partial charge in [-0.3, -0.25) is 5.10 Å². The van der Waals surface area contributed by atoms with Gasteiger partial charge in [-0.05, 0) is 6.92 Å². The van der Waals surface area contributed by atoms with E-state index in [1.807, 2.05) is 0 Å². The van der Waals surface area contributed by atoms with E-state index in [0.29, 0.717) is 11.5 Å². The summed E-state index contributed by atoms with van der Waals surface area (Å²) in [7, 11) is 0. The van der Waals surface area contributed by atoms with Crippen LogP contribution in [0.1, 0.15) is 16.3 Å². The predicted molar refractivity (Wildman–Crippen MR) is 39.0 cm³/mol. The lowest BCUT2D eigenvalue weighted by atomic mass is 10.4. The molecule has 0 saturated heterocycles. The van der Waals surface area contributed by atoms with Gasteiger partial charge in [-0.25, -0.2) is 9.31 Å². The minimum absolute atomic E-state index is 0.114. The Kier molecular flexibility index (Phi) is 1.18. The van der Waals surface area contributed by atoms with E-state index in [1.54, 1.807) is 6.92 Å². The van der Waals surface area contributed by atoms with Crippen LogP contribution >= 0.6 is 0 Å². The van der Waals surface area contributed by atoms with Gasteiger partial charge in [-0.1, -0.05) is 0 Å². The Labute approximate surface area is 66.8 Å². The van der Waals surface area contributed by atoms with Crippen LogP contribution < -0.4 is 0 Å². The summed E-state index contributed by atoms with van der Waals surface area (Å²) >= 11 is 0. The maximum absolute atomic E-state index is 10.5. The zero-order valence-electron chi connectivity index (χ0n) is 6.27. The largest absolute Gasteiger partial charge is 0.477 e. The van der Waals surface area contributed by atoms with Crippen molar-refractivity contribution in [3.8, 4) is 0 Å². The van der Waals surface area contributed by atoms with E-state index in [-0.39, 0.29) is 5.69 Å². The van der Waals surface area contributed by atoms with E-state index in [4.69, 9.17) is 5.11 Å². The van der Waals surface area contributed by atoms with Gasteiger partial charge in [-0.2, -0.15) is 0 Å². The van der Waals surface area contributed by atoms with Crippen molar-refractivity contribution >= 4 is 11.6 Å². The molecule has 2 rings (SSSR count). The van der Waals surface area contributed by atoms with Crippen LogP contribution in [0.2, 0.25) is 0 Å². The minimum atomic E-state index is -1.00. The lowest BCUT2D eigenvalue weighted by Crippen LogP contribution is -1.98. The first-order valence-electron chi connectivity index (χ1n) is 3.32. The van der Waals surface area contributed by atoms with Crippen LogP contribution in [0.4, 0.5) is 0 Å². The Bertz CT molecular complexity index is 441. The summed E-state index contributed by atoms with van der Waals surface area (Å²) in [5.74, 6) is -0.364. The molecule has 0 aromatic carbocycles. The molecule has 0 unspecified atom stereocenters. The molecule has 0 aliphatic carbocycles. The SMILES string of the molecule is Cc1nnc2cc(C(=O)O)[nH]n12. The monoisotopic (exact) mass is 166 g/mol. The molecule has 12 heavy (non-hydrogen) atoms. The van der Waals surface area contributed by atoms with Crippen LogP contribution in [0.3, 0.4) is 0 Å². The van der Waals surface area contributed by atoms with Gasteiger partial charge >= 0.3 is 5.97 Å². The third-order valence-corrected chi connectivity index (χ3v) is 1.59. The quantitative estimate of drug-likeness (QED) is 0.627. The van der Waals surface area contributed by atoms with Crippen molar-refractivity contribution in [1.29, 1.82) is 0 Å². The van der Waals surface area contributed by atoms with Gasteiger partial charge in [0.25, 0.3) is 0 Å². The fourth-order valence-electron chi connectivity index (χ4n) is 1.00. The number of fused-ring (bicyclic) bond motifs is 1. The number of nitrogens with one attached hydrogen (secondary N) is 1. The number of aromatic nitrogens is 4. The normalized spacial score (nSPS) is 10.8. The van der Waals surface area contributed by atoms with E-state index in [1.165, 1.54) is 10.6 Å². The average molecular weight is 166 g/mol. The standard InChI is InChI=1S/C6H6N4O2/c1-3-7-8-5-2-4(6(11)12)9-10(3)5/h2,9H,1H3,(H,11,12). The van der Waals surface area contributed by atoms with Crippen molar-refractivity contribution in [2.75, 3.05) is 0 Å². The van der Waals surface area contributed by atoms with Crippen LogP contribution in [-0.4, -0.2) is 30.9 Å². The molecule has 0 bridgehead atoms. The van der Waals surface area contributed by atoms with Crippen molar-refractivity contribution in [1.82, 2.24) is 19.8 Å². The molecule has 62 valence electrons. The first-order valence-corrected chi connectivity index (χ1v) is 3.32. The van der Waals surface area contributed by atoms with Gasteiger partial charge in [0.15, 0.2) is 5.65 Å². The lowest BCUT2D eigenvalue weighted by Gasteiger charge is -1.86. The van der Waals surface area contributed by atoms with Crippen LogP contribution in [0, 0.1) is 6.92 Å². The zero-order chi connectivity index (χ0) is 8.72. The van der Waals surface area contributed by atoms with Crippen molar-refractivity contribution < 1.29 is 9.90 Å². The maximum Gasteiger partial charge on any atom is 0.353 e. The fourth-order valence-corrected chi connectivity index (χ4v) is 1.00. The second kappa shape index (κ2) is 2.07. The Morgan fingerprint density at radius 1 is 1.67 bits per heavy atom. The van der Waals surface area contributed by atoms with E-state index in [2.05, 4.69) is 15.3 Å². The molecule has 2 heterocycles. The van der Waals surface area contributed by atoms with Crippen LogP contribution in [0.15, 0.2) is 6.07 Å². The first kappa shape index (κ1) is 6.84. The lowest BCUT2D eigenvalue weighted by molar-refractivity contribution is 0.0690. The number of rotatable bonds is 1. The third-order valence-electron chi connectivity index (χ3n) is 1.59. The van der Waals surface area contributed by atoms with Gasteiger partial charge in [0.2, 0.25) is 0 Å². The number of hydrogen-bond acceptors (Lipinski definition) is 3. The molecule has 6 nitrogen and oxygen atoms in total. The number of carboxylic acids is 1. The molecule has 0 aliphatic heterocycles. The molecule has 0 aliphatic rings. The van der Waals surface area contributed by atoms with Gasteiger partial charge in [-0.15, -0.1) is 10.2 Å². The summed E-state index contributed by atoms with van der Waals surface area (Å²) < 4.78 is 1.52. The van der Waals surface area contributed by atoms with E-state index >= 15 is 0 Å². The summed E-state index contributed by atoms with van der Waals surface area (Å²) in [6.07, 6.45) is 0. The molecule has 0 fully saturated rings. The van der Waals surface area contributed by atoms with E-state index in [0.717, 1.165) is 0 Å². The molecule has 0 saturated carbocycles. The van der Waals surface area contributed by atoms with Gasteiger partial charge in [0.05, 0.1) is 0 Å². The molecule has 0 atom stereocenters. The van der Waals surface area contributed by atoms with E-state index < -0.39 is 5.97 Å². The number of carboxylic acid groups (broad SMARTS) is 1. The first-order chi connectivity index (χ1) is 5.68. The van der Waals surface area contributed by atoms with Gasteiger partial charge in [0.1, 0.15) is 11.5 Å². The highest BCUT2D eigenvalue weighted by Crippen LogP contribution is 2.04. The zero-order valence-corrected chi connectivity index (χ0v) is 6.27. The Morgan fingerprint density at radius 2 is 2.42 bits per heavy atom. The number of nitrogens with zero attached hydrogens (tertiary/aromatic N) is 3. The summed E-state index contributed by atoms with van der Waals surface area (Å²) in [6, 6.07) is 1.43. The van der Waals surface area contributed by atoms with Crippen LogP contribution in [0.5, 0.6) is 0 Å². The van der Waals surface area contributed by atoms with Crippen molar-refractivity contribution in [3.05, 3.63) is 17.6 Å². The summed E-state index contributed by atoms with van der Waals surface area (Å²) in [4.78, 5) is 10.5. The number of aromatic amines is 1. The third kappa shape index (κ3) is 0.777. The maximum atomic E-state index is 10.5. The Hall–Kier alpha value is -1.85. The highest BCUT2D eigenvalue weighted by atomic mass is 16.4. The Balaban J connectivity index is 2.70. The Morgan fingerprint density at radius 3 is 3.00 bits per heavy atom. The smallest absolute Gasteiger partial charge is 0.353 e. The highest BCUT2D eigenvalue weighted by Gasteiger charge is 2.09. The number of carbonyl (C=O) groups is 1. The summed E-state index contributed by atoms with van der Waals surface area (Å²) in [5.41, 5.74) is 0.632. The molecule has 0 spiro atoms. The number of aromatic carboxylic acids is 1. The molecular weight excluding hydrogens is 160 g/mol. The van der Waals surface area contributed by atoms with Crippen molar-refractivity contribution in [3.63, 3.8) is 0 Å². The summed E-state index contributed by atoms with van der Waals surface area (Å²) in [6.45, 7) is 1.74. The fraction of sp³-hybridized carbons (Fsp3) is 0.167.